The largest absolute Gasteiger partial charge is 0.385 e. The molecule has 0 bridgehead atoms. The number of nitrogens with one attached hydrogen (secondary N) is 2. The Bertz CT molecular complexity index is 539. The Balaban J connectivity index is 2.69. The Labute approximate surface area is 132 Å². The van der Waals surface area contributed by atoms with Crippen LogP contribution in [0.5, 0.6) is 0 Å². The summed E-state index contributed by atoms with van der Waals surface area (Å²) in [6.07, 6.45) is 0.719. The van der Waals surface area contributed by atoms with Crippen LogP contribution >= 0.6 is 0 Å². The van der Waals surface area contributed by atoms with Crippen LogP contribution in [0.15, 0.2) is 18.2 Å². The standard InChI is InChI=1S/C17H26N2O3/c1-12-8-6-9-14(13(12)2)19-16(21)17(3,4)15(20)18-10-7-11-22-5/h6,8-9H,7,10-11H2,1-5H3,(H,18,20)(H,19,21). The molecule has 122 valence electrons. The molecule has 0 aromatic heterocycles. The molecular weight excluding hydrogens is 280 g/mol. The van der Waals surface area contributed by atoms with Gasteiger partial charge in [-0.05, 0) is 51.3 Å². The van der Waals surface area contributed by atoms with E-state index in [9.17, 15) is 9.59 Å². The molecular formula is C17H26N2O3. The van der Waals surface area contributed by atoms with E-state index in [-0.39, 0.29) is 11.8 Å². The van der Waals surface area contributed by atoms with Gasteiger partial charge in [0.1, 0.15) is 5.41 Å². The van der Waals surface area contributed by atoms with Crippen LogP contribution in [-0.4, -0.2) is 32.1 Å². The van der Waals surface area contributed by atoms with E-state index in [2.05, 4.69) is 10.6 Å². The van der Waals surface area contributed by atoms with Crippen LogP contribution in [0.2, 0.25) is 0 Å². The van der Waals surface area contributed by atoms with Crippen molar-refractivity contribution in [3.63, 3.8) is 0 Å². The van der Waals surface area contributed by atoms with Crippen molar-refractivity contribution in [3.8, 4) is 0 Å². The second-order valence-corrected chi connectivity index (χ2v) is 5.93. The Kier molecular flexibility index (Phi) is 6.56. The van der Waals surface area contributed by atoms with Crippen molar-refractivity contribution in [2.75, 3.05) is 25.6 Å². The van der Waals surface area contributed by atoms with E-state index in [1.54, 1.807) is 21.0 Å². The predicted molar refractivity (Wildman–Crippen MR) is 87.8 cm³/mol. The van der Waals surface area contributed by atoms with Gasteiger partial charge < -0.3 is 15.4 Å². The summed E-state index contributed by atoms with van der Waals surface area (Å²) in [6, 6.07) is 5.71. The Morgan fingerprint density at radius 3 is 2.50 bits per heavy atom. The van der Waals surface area contributed by atoms with Gasteiger partial charge in [0.2, 0.25) is 11.8 Å². The zero-order valence-corrected chi connectivity index (χ0v) is 14.1. The first-order valence-corrected chi connectivity index (χ1v) is 7.45. The van der Waals surface area contributed by atoms with E-state index >= 15 is 0 Å². The number of ether oxygens (including phenoxy) is 1. The number of aryl methyl sites for hydroxylation is 1. The zero-order valence-electron chi connectivity index (χ0n) is 14.1. The second-order valence-electron chi connectivity index (χ2n) is 5.93. The summed E-state index contributed by atoms with van der Waals surface area (Å²) < 4.78 is 4.93. The molecule has 0 atom stereocenters. The molecule has 0 radical (unpaired) electrons. The van der Waals surface area contributed by atoms with E-state index in [0.29, 0.717) is 13.2 Å². The number of hydrogen-bond acceptors (Lipinski definition) is 3. The highest BCUT2D eigenvalue weighted by Crippen LogP contribution is 2.22. The first kappa shape index (κ1) is 18.2. The monoisotopic (exact) mass is 306 g/mol. The lowest BCUT2D eigenvalue weighted by Crippen LogP contribution is -2.45. The van der Waals surface area contributed by atoms with Crippen molar-refractivity contribution >= 4 is 17.5 Å². The van der Waals surface area contributed by atoms with Gasteiger partial charge in [-0.25, -0.2) is 0 Å². The van der Waals surface area contributed by atoms with Crippen molar-refractivity contribution in [2.24, 2.45) is 5.41 Å². The van der Waals surface area contributed by atoms with Gasteiger partial charge in [0.15, 0.2) is 0 Å². The summed E-state index contributed by atoms with van der Waals surface area (Å²) in [7, 11) is 1.61. The molecule has 0 saturated heterocycles. The van der Waals surface area contributed by atoms with Crippen molar-refractivity contribution in [1.82, 2.24) is 5.32 Å². The van der Waals surface area contributed by atoms with Crippen LogP contribution in [-0.2, 0) is 14.3 Å². The van der Waals surface area contributed by atoms with Crippen molar-refractivity contribution in [3.05, 3.63) is 29.3 Å². The number of methoxy groups -OCH3 is 1. The van der Waals surface area contributed by atoms with Crippen molar-refractivity contribution in [2.45, 2.75) is 34.1 Å². The molecule has 22 heavy (non-hydrogen) atoms. The highest BCUT2D eigenvalue weighted by molar-refractivity contribution is 6.10. The molecule has 0 aliphatic rings. The fourth-order valence-corrected chi connectivity index (χ4v) is 1.91. The predicted octanol–water partition coefficient (Wildman–Crippen LogP) is 2.42. The van der Waals surface area contributed by atoms with Crippen LogP contribution in [0, 0.1) is 19.3 Å². The van der Waals surface area contributed by atoms with E-state index in [4.69, 9.17) is 4.74 Å². The third-order valence-electron chi connectivity index (χ3n) is 3.80. The second kappa shape index (κ2) is 7.94. The molecule has 2 N–H and O–H groups in total. The van der Waals surface area contributed by atoms with Gasteiger partial charge in [-0.3, -0.25) is 9.59 Å². The smallest absolute Gasteiger partial charge is 0.239 e. The molecule has 0 saturated carbocycles. The van der Waals surface area contributed by atoms with Gasteiger partial charge in [0.25, 0.3) is 0 Å². The molecule has 1 aromatic carbocycles. The summed E-state index contributed by atoms with van der Waals surface area (Å²) in [5, 5.41) is 5.62. The molecule has 1 aromatic rings. The molecule has 0 aliphatic carbocycles. The molecule has 0 unspecified atom stereocenters. The van der Waals surface area contributed by atoms with Gasteiger partial charge in [-0.2, -0.15) is 0 Å². The van der Waals surface area contributed by atoms with Crippen molar-refractivity contribution < 1.29 is 14.3 Å². The number of hydrogen-bond donors (Lipinski definition) is 2. The minimum atomic E-state index is -1.14. The highest BCUT2D eigenvalue weighted by Gasteiger charge is 2.36. The lowest BCUT2D eigenvalue weighted by atomic mass is 9.90. The third kappa shape index (κ3) is 4.56. The van der Waals surface area contributed by atoms with E-state index in [1.165, 1.54) is 0 Å². The average molecular weight is 306 g/mol. The topological polar surface area (TPSA) is 67.4 Å². The average Bonchev–Trinajstić information content (AvgIpc) is 2.48. The number of anilines is 1. The van der Waals surface area contributed by atoms with Crippen LogP contribution in [0.4, 0.5) is 5.69 Å². The van der Waals surface area contributed by atoms with Gasteiger partial charge in [0.05, 0.1) is 0 Å². The minimum absolute atomic E-state index is 0.286. The van der Waals surface area contributed by atoms with Crippen LogP contribution in [0.3, 0.4) is 0 Å². The van der Waals surface area contributed by atoms with Crippen LogP contribution in [0.25, 0.3) is 0 Å². The van der Waals surface area contributed by atoms with Gasteiger partial charge in [-0.15, -0.1) is 0 Å². The Morgan fingerprint density at radius 1 is 1.18 bits per heavy atom. The minimum Gasteiger partial charge on any atom is -0.385 e. The summed E-state index contributed by atoms with van der Waals surface area (Å²) in [5.41, 5.74) is 1.71. The quantitative estimate of drug-likeness (QED) is 0.600. The molecule has 0 fully saturated rings. The number of rotatable bonds is 7. The van der Waals surface area contributed by atoms with Gasteiger partial charge in [0, 0.05) is 25.9 Å². The normalized spacial score (nSPS) is 11.1. The fourth-order valence-electron chi connectivity index (χ4n) is 1.91. The summed E-state index contributed by atoms with van der Waals surface area (Å²) >= 11 is 0. The summed E-state index contributed by atoms with van der Waals surface area (Å²) in [6.45, 7) is 8.25. The van der Waals surface area contributed by atoms with Crippen molar-refractivity contribution in [1.29, 1.82) is 0 Å². The first-order chi connectivity index (χ1) is 10.3. The Hall–Kier alpha value is -1.88. The molecule has 2 amide bonds. The number of amides is 2. The number of benzene rings is 1. The Morgan fingerprint density at radius 2 is 1.86 bits per heavy atom. The third-order valence-corrected chi connectivity index (χ3v) is 3.80. The lowest BCUT2D eigenvalue weighted by Gasteiger charge is -2.23. The van der Waals surface area contributed by atoms with Crippen LogP contribution < -0.4 is 10.6 Å². The highest BCUT2D eigenvalue weighted by atomic mass is 16.5. The maximum atomic E-state index is 12.4. The van der Waals surface area contributed by atoms with E-state index in [0.717, 1.165) is 23.2 Å². The fraction of sp³-hybridized carbons (Fsp3) is 0.529. The first-order valence-electron chi connectivity index (χ1n) is 7.45. The van der Waals surface area contributed by atoms with Gasteiger partial charge in [-0.1, -0.05) is 12.1 Å². The molecule has 5 nitrogen and oxygen atoms in total. The summed E-state index contributed by atoms with van der Waals surface area (Å²) in [4.78, 5) is 24.6. The van der Waals surface area contributed by atoms with Gasteiger partial charge >= 0.3 is 0 Å². The molecule has 5 heteroatoms. The van der Waals surface area contributed by atoms with E-state index in [1.807, 2.05) is 32.0 Å². The molecule has 0 spiro atoms. The lowest BCUT2D eigenvalue weighted by molar-refractivity contribution is -0.138. The maximum Gasteiger partial charge on any atom is 0.239 e. The molecule has 1 rings (SSSR count). The van der Waals surface area contributed by atoms with Crippen LogP contribution in [0.1, 0.15) is 31.4 Å². The maximum absolute atomic E-state index is 12.4. The molecule has 0 heterocycles. The SMILES string of the molecule is COCCCNC(=O)C(C)(C)C(=O)Nc1cccc(C)c1C. The zero-order chi connectivity index (χ0) is 16.8. The molecule has 0 aliphatic heterocycles. The number of carbonyl (C=O) groups is 2. The summed E-state index contributed by atoms with van der Waals surface area (Å²) in [5.74, 6) is -0.600. The van der Waals surface area contributed by atoms with E-state index < -0.39 is 5.41 Å². The number of carbonyl (C=O) groups excluding carboxylic acids is 2.